The smallest absolute Gasteiger partial charge is 0.248 e. The van der Waals surface area contributed by atoms with Gasteiger partial charge >= 0.3 is 0 Å². The first kappa shape index (κ1) is 26.3. The first-order chi connectivity index (χ1) is 18.5. The summed E-state index contributed by atoms with van der Waals surface area (Å²) in [5.74, 6) is 0.890. The average Bonchev–Trinajstić information content (AvgIpc) is 3.75. The van der Waals surface area contributed by atoms with Crippen LogP contribution in [0.5, 0.6) is 5.75 Å². The van der Waals surface area contributed by atoms with Gasteiger partial charge in [-0.2, -0.15) is 0 Å². The number of likely N-dealkylation sites (N-methyl/N-ethyl adjacent to an activating group) is 1. The van der Waals surface area contributed by atoms with Crippen molar-refractivity contribution in [3.05, 3.63) is 59.7 Å². The summed E-state index contributed by atoms with van der Waals surface area (Å²) in [6.45, 7) is 8.68. The first-order valence-electron chi connectivity index (χ1n) is 13.0. The molecule has 3 aromatic rings. The zero-order valence-corrected chi connectivity index (χ0v) is 22.2. The Bertz CT molecular complexity index is 1320. The average molecular weight is 539 g/mol. The van der Waals surface area contributed by atoms with Gasteiger partial charge in [0.1, 0.15) is 23.7 Å². The number of piperazine rings is 1. The summed E-state index contributed by atoms with van der Waals surface area (Å²) in [5.41, 5.74) is 1.78. The van der Waals surface area contributed by atoms with E-state index >= 15 is 0 Å². The SMILES string of the molecule is CCN1CCN(C/C=C/C(=O)Nc2cc3c(Nc4ccc(F)c(Cl)c4)ncnc3cc2OCC2CC2)CC1. The largest absolute Gasteiger partial charge is 0.491 e. The van der Waals surface area contributed by atoms with Gasteiger partial charge in [0.15, 0.2) is 0 Å². The molecule has 0 atom stereocenters. The zero-order chi connectivity index (χ0) is 26.5. The number of amides is 1. The van der Waals surface area contributed by atoms with Gasteiger partial charge in [-0.1, -0.05) is 24.6 Å². The van der Waals surface area contributed by atoms with Crippen molar-refractivity contribution in [3.8, 4) is 5.75 Å². The molecule has 1 aliphatic heterocycles. The van der Waals surface area contributed by atoms with E-state index in [4.69, 9.17) is 16.3 Å². The second-order valence-electron chi connectivity index (χ2n) is 9.72. The van der Waals surface area contributed by atoms with Crippen LogP contribution in [0.3, 0.4) is 0 Å². The molecule has 2 aromatic carbocycles. The minimum absolute atomic E-state index is 0.0103. The maximum atomic E-state index is 13.6. The minimum Gasteiger partial charge on any atom is -0.491 e. The minimum atomic E-state index is -0.497. The number of hydrogen-bond donors (Lipinski definition) is 2. The van der Waals surface area contributed by atoms with Gasteiger partial charge in [0.25, 0.3) is 0 Å². The highest BCUT2D eigenvalue weighted by Crippen LogP contribution is 2.36. The second kappa shape index (κ2) is 12.1. The van der Waals surface area contributed by atoms with Crippen LogP contribution in [0.4, 0.5) is 21.6 Å². The Labute approximate surface area is 226 Å². The van der Waals surface area contributed by atoms with E-state index < -0.39 is 5.82 Å². The Morgan fingerprint density at radius 2 is 1.95 bits per heavy atom. The van der Waals surface area contributed by atoms with Crippen molar-refractivity contribution < 1.29 is 13.9 Å². The monoisotopic (exact) mass is 538 g/mol. The van der Waals surface area contributed by atoms with E-state index in [0.717, 1.165) is 52.1 Å². The Kier molecular flexibility index (Phi) is 8.36. The number of anilines is 3. The summed E-state index contributed by atoms with van der Waals surface area (Å²) < 4.78 is 19.7. The molecule has 10 heteroatoms. The van der Waals surface area contributed by atoms with Crippen molar-refractivity contribution >= 4 is 45.6 Å². The number of aromatic nitrogens is 2. The third-order valence-corrected chi connectivity index (χ3v) is 7.18. The molecule has 1 saturated carbocycles. The molecule has 1 saturated heterocycles. The van der Waals surface area contributed by atoms with Crippen LogP contribution in [0.25, 0.3) is 10.9 Å². The molecule has 2 fully saturated rings. The predicted molar refractivity (Wildman–Crippen MR) is 149 cm³/mol. The number of fused-ring (bicyclic) bond motifs is 1. The van der Waals surface area contributed by atoms with Gasteiger partial charge in [-0.05, 0) is 49.6 Å². The number of hydrogen-bond acceptors (Lipinski definition) is 7. The summed E-state index contributed by atoms with van der Waals surface area (Å²) in [6.07, 6.45) is 7.23. The van der Waals surface area contributed by atoms with E-state index in [1.54, 1.807) is 18.2 Å². The molecular formula is C28H32ClFN6O2. The maximum Gasteiger partial charge on any atom is 0.248 e. The Hall–Kier alpha value is -3.27. The lowest BCUT2D eigenvalue weighted by atomic mass is 10.1. The van der Waals surface area contributed by atoms with Crippen LogP contribution < -0.4 is 15.4 Å². The molecule has 8 nitrogen and oxygen atoms in total. The molecule has 2 heterocycles. The van der Waals surface area contributed by atoms with E-state index in [0.29, 0.717) is 46.4 Å². The molecule has 0 spiro atoms. The maximum absolute atomic E-state index is 13.6. The molecule has 2 aliphatic rings. The van der Waals surface area contributed by atoms with Crippen LogP contribution in [0.15, 0.2) is 48.8 Å². The third-order valence-electron chi connectivity index (χ3n) is 6.89. The van der Waals surface area contributed by atoms with Crippen molar-refractivity contribution in [2.24, 2.45) is 5.92 Å². The van der Waals surface area contributed by atoms with Gasteiger partial charge in [-0.25, -0.2) is 14.4 Å². The highest BCUT2D eigenvalue weighted by molar-refractivity contribution is 6.31. The number of carbonyl (C=O) groups excluding carboxylic acids is 1. The van der Waals surface area contributed by atoms with Crippen LogP contribution in [0.2, 0.25) is 5.02 Å². The van der Waals surface area contributed by atoms with E-state index in [-0.39, 0.29) is 10.9 Å². The van der Waals surface area contributed by atoms with Crippen LogP contribution >= 0.6 is 11.6 Å². The molecule has 0 bridgehead atoms. The topological polar surface area (TPSA) is 82.6 Å². The summed E-state index contributed by atoms with van der Waals surface area (Å²) in [7, 11) is 0. The number of ether oxygens (including phenoxy) is 1. The van der Waals surface area contributed by atoms with Gasteiger partial charge in [0, 0.05) is 55.9 Å². The molecule has 1 aliphatic carbocycles. The quantitative estimate of drug-likeness (QED) is 0.348. The van der Waals surface area contributed by atoms with Crippen molar-refractivity contribution in [1.29, 1.82) is 0 Å². The summed E-state index contributed by atoms with van der Waals surface area (Å²) >= 11 is 5.95. The number of nitrogens with one attached hydrogen (secondary N) is 2. The Morgan fingerprint density at radius 1 is 1.16 bits per heavy atom. The van der Waals surface area contributed by atoms with E-state index in [2.05, 4.69) is 37.3 Å². The summed E-state index contributed by atoms with van der Waals surface area (Å²) in [6, 6.07) is 7.99. The van der Waals surface area contributed by atoms with Crippen LogP contribution in [0.1, 0.15) is 19.8 Å². The molecule has 1 amide bonds. The lowest BCUT2D eigenvalue weighted by Crippen LogP contribution is -2.46. The standard InChI is InChI=1S/C28H32ClFN6O2/c1-2-35-10-12-36(13-11-35)9-3-4-27(37)34-25-15-21-24(16-26(25)38-17-19-5-6-19)31-18-32-28(21)33-20-7-8-23(30)22(29)14-20/h3-4,7-8,14-16,18-19H,2,5-6,9-13,17H2,1H3,(H,34,37)(H,31,32,33)/b4-3+. The van der Waals surface area contributed by atoms with E-state index in [9.17, 15) is 9.18 Å². The molecule has 38 heavy (non-hydrogen) atoms. The van der Waals surface area contributed by atoms with Gasteiger partial charge in [-0.3, -0.25) is 9.69 Å². The summed E-state index contributed by atoms with van der Waals surface area (Å²) in [5, 5.41) is 6.84. The number of benzene rings is 2. The number of carbonyl (C=O) groups is 1. The van der Waals surface area contributed by atoms with Crippen LogP contribution in [0, 0.1) is 11.7 Å². The highest BCUT2D eigenvalue weighted by Gasteiger charge is 2.23. The summed E-state index contributed by atoms with van der Waals surface area (Å²) in [4.78, 5) is 26.4. The fourth-order valence-corrected chi connectivity index (χ4v) is 4.56. The molecular weight excluding hydrogens is 507 g/mol. The van der Waals surface area contributed by atoms with Gasteiger partial charge in [0.05, 0.1) is 22.8 Å². The fourth-order valence-electron chi connectivity index (χ4n) is 4.37. The highest BCUT2D eigenvalue weighted by atomic mass is 35.5. The third kappa shape index (κ3) is 6.78. The van der Waals surface area contributed by atoms with Crippen molar-refractivity contribution in [2.45, 2.75) is 19.8 Å². The predicted octanol–water partition coefficient (Wildman–Crippen LogP) is 5.09. The van der Waals surface area contributed by atoms with Crippen LogP contribution in [-0.4, -0.2) is 71.6 Å². The molecule has 5 rings (SSSR count). The lowest BCUT2D eigenvalue weighted by Gasteiger charge is -2.33. The van der Waals surface area contributed by atoms with Crippen molar-refractivity contribution in [1.82, 2.24) is 19.8 Å². The molecule has 200 valence electrons. The molecule has 0 unspecified atom stereocenters. The van der Waals surface area contributed by atoms with Gasteiger partial charge in [-0.15, -0.1) is 0 Å². The Balaban J connectivity index is 1.34. The number of rotatable bonds is 10. The van der Waals surface area contributed by atoms with Gasteiger partial charge < -0.3 is 20.3 Å². The first-order valence-corrected chi connectivity index (χ1v) is 13.4. The normalized spacial score (nSPS) is 16.7. The van der Waals surface area contributed by atoms with Crippen molar-refractivity contribution in [3.63, 3.8) is 0 Å². The molecule has 2 N–H and O–H groups in total. The molecule has 1 aromatic heterocycles. The fraction of sp³-hybridized carbons (Fsp3) is 0.393. The van der Waals surface area contributed by atoms with Gasteiger partial charge in [0.2, 0.25) is 5.91 Å². The number of nitrogens with zero attached hydrogens (tertiary/aromatic N) is 4. The zero-order valence-electron chi connectivity index (χ0n) is 21.4. The van der Waals surface area contributed by atoms with Crippen molar-refractivity contribution in [2.75, 3.05) is 56.5 Å². The van der Waals surface area contributed by atoms with E-state index in [1.807, 2.05) is 12.1 Å². The molecule has 0 radical (unpaired) electrons. The second-order valence-corrected chi connectivity index (χ2v) is 10.1. The lowest BCUT2D eigenvalue weighted by molar-refractivity contribution is -0.111. The van der Waals surface area contributed by atoms with E-state index in [1.165, 1.54) is 18.5 Å². The van der Waals surface area contributed by atoms with Crippen LogP contribution in [-0.2, 0) is 4.79 Å². The Morgan fingerprint density at radius 3 is 2.68 bits per heavy atom. The number of halogens is 2.